The lowest BCUT2D eigenvalue weighted by Gasteiger charge is -2.27. The maximum Gasteiger partial charge on any atom is 0.279 e. The molecule has 2 heterocycles. The Hall–Kier alpha value is -3.13. The molecule has 0 spiro atoms. The lowest BCUT2D eigenvalue weighted by molar-refractivity contribution is -0.116. The molecule has 0 aliphatic carbocycles. The highest BCUT2D eigenvalue weighted by molar-refractivity contribution is 7.98. The van der Waals surface area contributed by atoms with Crippen LogP contribution in [0.3, 0.4) is 0 Å². The maximum atomic E-state index is 13.9. The van der Waals surface area contributed by atoms with Crippen LogP contribution in [0.5, 0.6) is 5.75 Å². The van der Waals surface area contributed by atoms with Crippen molar-refractivity contribution >= 4 is 23.5 Å². The third-order valence-corrected chi connectivity index (χ3v) is 5.97. The number of thioether (sulfide) groups is 1. The Kier molecular flexibility index (Phi) is 5.10. The van der Waals surface area contributed by atoms with Gasteiger partial charge in [0, 0.05) is 25.1 Å². The Balaban J connectivity index is 1.73. The number of rotatable bonds is 4. The normalized spacial score (nSPS) is 15.7. The van der Waals surface area contributed by atoms with Crippen LogP contribution in [0.25, 0.3) is 0 Å². The number of phenolic OH excluding ortho intramolecular Hbond substituents is 1. The van der Waals surface area contributed by atoms with Crippen molar-refractivity contribution in [3.05, 3.63) is 81.4 Å². The highest BCUT2D eigenvalue weighted by Gasteiger charge is 2.32. The first-order valence-corrected chi connectivity index (χ1v) is 9.98. The van der Waals surface area contributed by atoms with Gasteiger partial charge in [-0.05, 0) is 29.3 Å². The summed E-state index contributed by atoms with van der Waals surface area (Å²) in [6, 6.07) is 13.0. The first kappa shape index (κ1) is 19.2. The topological polar surface area (TPSA) is 84.2 Å². The molecule has 0 fully saturated rings. The van der Waals surface area contributed by atoms with Crippen LogP contribution in [0.4, 0.5) is 10.2 Å². The number of hydrogen-bond acceptors (Lipinski definition) is 5. The van der Waals surface area contributed by atoms with Gasteiger partial charge in [0.05, 0.1) is 5.56 Å². The Bertz CT molecular complexity index is 1160. The van der Waals surface area contributed by atoms with Crippen molar-refractivity contribution in [2.75, 3.05) is 5.32 Å². The van der Waals surface area contributed by atoms with E-state index >= 15 is 0 Å². The number of carbonyl (C=O) groups excluding carboxylic acids is 1. The lowest BCUT2D eigenvalue weighted by Crippen LogP contribution is -2.33. The van der Waals surface area contributed by atoms with Crippen LogP contribution >= 0.6 is 11.8 Å². The maximum absolute atomic E-state index is 13.9. The van der Waals surface area contributed by atoms with E-state index in [9.17, 15) is 19.1 Å². The van der Waals surface area contributed by atoms with Crippen molar-refractivity contribution < 1.29 is 14.3 Å². The van der Waals surface area contributed by atoms with E-state index in [1.165, 1.54) is 23.9 Å². The van der Waals surface area contributed by atoms with E-state index in [0.717, 1.165) is 0 Å². The third-order valence-electron chi connectivity index (χ3n) is 4.89. The van der Waals surface area contributed by atoms with E-state index in [2.05, 4.69) is 10.3 Å². The third kappa shape index (κ3) is 3.75. The number of hydrogen-bond donors (Lipinski definition) is 2. The van der Waals surface area contributed by atoms with Gasteiger partial charge in [0.1, 0.15) is 17.4 Å². The SMILES string of the molecule is Cn1c(SCc2ccccc2F)nc(=O)c2c1NC(=O)CC2c1cccc(O)c1. The second-order valence-electron chi connectivity index (χ2n) is 6.80. The Labute approximate surface area is 170 Å². The molecule has 6 nitrogen and oxygen atoms in total. The van der Waals surface area contributed by atoms with Crippen molar-refractivity contribution in [1.29, 1.82) is 0 Å². The molecule has 8 heteroatoms. The van der Waals surface area contributed by atoms with Crippen molar-refractivity contribution in [2.24, 2.45) is 7.05 Å². The monoisotopic (exact) mass is 411 g/mol. The zero-order valence-corrected chi connectivity index (χ0v) is 16.4. The highest BCUT2D eigenvalue weighted by Crippen LogP contribution is 2.37. The van der Waals surface area contributed by atoms with Crippen molar-refractivity contribution in [2.45, 2.75) is 23.2 Å². The minimum atomic E-state index is -0.498. The van der Waals surface area contributed by atoms with Crippen LogP contribution in [0.2, 0.25) is 0 Å². The fraction of sp³-hybridized carbons (Fsp3) is 0.190. The van der Waals surface area contributed by atoms with Gasteiger partial charge in [0.2, 0.25) is 5.91 Å². The van der Waals surface area contributed by atoms with Gasteiger partial charge in [-0.3, -0.25) is 9.59 Å². The average Bonchev–Trinajstić information content (AvgIpc) is 2.70. The number of carbonyl (C=O) groups is 1. The Morgan fingerprint density at radius 2 is 2.03 bits per heavy atom. The molecule has 0 bridgehead atoms. The number of anilines is 1. The minimum Gasteiger partial charge on any atom is -0.508 e. The molecular formula is C21H18FN3O3S. The van der Waals surface area contributed by atoms with Gasteiger partial charge in [-0.2, -0.15) is 4.98 Å². The van der Waals surface area contributed by atoms with E-state index in [-0.39, 0.29) is 23.9 Å². The lowest BCUT2D eigenvalue weighted by atomic mass is 9.86. The molecule has 4 rings (SSSR count). The van der Waals surface area contributed by atoms with Crippen molar-refractivity contribution in [3.63, 3.8) is 0 Å². The first-order chi connectivity index (χ1) is 13.9. The van der Waals surface area contributed by atoms with Crippen LogP contribution in [-0.4, -0.2) is 20.6 Å². The fourth-order valence-electron chi connectivity index (χ4n) is 3.45. The predicted octanol–water partition coefficient (Wildman–Crippen LogP) is 3.39. The zero-order valence-electron chi connectivity index (χ0n) is 15.6. The molecule has 2 N–H and O–H groups in total. The second-order valence-corrected chi connectivity index (χ2v) is 7.74. The molecule has 148 valence electrons. The number of halogens is 1. The molecule has 1 aliphatic heterocycles. The van der Waals surface area contributed by atoms with E-state index < -0.39 is 11.5 Å². The minimum absolute atomic E-state index is 0.0666. The number of aromatic hydroxyl groups is 1. The van der Waals surface area contributed by atoms with E-state index in [1.807, 2.05) is 0 Å². The molecule has 1 aromatic heterocycles. The molecule has 0 saturated heterocycles. The quantitative estimate of drug-likeness (QED) is 0.508. The van der Waals surface area contributed by atoms with Crippen molar-refractivity contribution in [3.8, 4) is 5.75 Å². The summed E-state index contributed by atoms with van der Waals surface area (Å²) >= 11 is 1.22. The summed E-state index contributed by atoms with van der Waals surface area (Å²) in [4.78, 5) is 29.4. The summed E-state index contributed by atoms with van der Waals surface area (Å²) in [6.45, 7) is 0. The molecule has 0 radical (unpaired) electrons. The predicted molar refractivity (Wildman–Crippen MR) is 109 cm³/mol. The molecule has 1 aliphatic rings. The number of aromatic nitrogens is 2. The number of fused-ring (bicyclic) bond motifs is 1. The standard InChI is InChI=1S/C21H18FN3O3S/c1-25-19-18(15(10-17(27)23-19)12-6-4-7-14(26)9-12)20(28)24-21(25)29-11-13-5-2-3-8-16(13)22/h2-9,15,26H,10-11H2,1H3,(H,23,27). The number of nitrogens with one attached hydrogen (secondary N) is 1. The van der Waals surface area contributed by atoms with Gasteiger partial charge in [-0.25, -0.2) is 4.39 Å². The van der Waals surface area contributed by atoms with Crippen LogP contribution in [-0.2, 0) is 17.6 Å². The van der Waals surface area contributed by atoms with E-state index in [0.29, 0.717) is 33.4 Å². The molecule has 0 saturated carbocycles. The molecule has 1 atom stereocenters. The first-order valence-electron chi connectivity index (χ1n) is 9.00. The molecule has 1 unspecified atom stereocenters. The summed E-state index contributed by atoms with van der Waals surface area (Å²) in [7, 11) is 1.71. The number of nitrogens with zero attached hydrogens (tertiary/aromatic N) is 2. The van der Waals surface area contributed by atoms with Crippen LogP contribution in [0, 0.1) is 5.82 Å². The van der Waals surface area contributed by atoms with Crippen LogP contribution in [0.1, 0.15) is 29.0 Å². The van der Waals surface area contributed by atoms with E-state index in [1.54, 1.807) is 48.0 Å². The Morgan fingerprint density at radius 1 is 1.24 bits per heavy atom. The molecule has 3 aromatic rings. The van der Waals surface area contributed by atoms with Crippen LogP contribution < -0.4 is 10.9 Å². The molecule has 1 amide bonds. The smallest absolute Gasteiger partial charge is 0.279 e. The molecule has 29 heavy (non-hydrogen) atoms. The number of phenols is 1. The summed E-state index contributed by atoms with van der Waals surface area (Å²) in [5.41, 5.74) is 1.12. The Morgan fingerprint density at radius 3 is 2.79 bits per heavy atom. The zero-order chi connectivity index (χ0) is 20.5. The number of amides is 1. The molecule has 2 aromatic carbocycles. The van der Waals surface area contributed by atoms with E-state index in [4.69, 9.17) is 0 Å². The second kappa shape index (κ2) is 7.71. The molecular weight excluding hydrogens is 393 g/mol. The number of benzene rings is 2. The summed E-state index contributed by atoms with van der Waals surface area (Å²) in [5, 5.41) is 12.9. The van der Waals surface area contributed by atoms with Gasteiger partial charge in [-0.15, -0.1) is 0 Å². The summed E-state index contributed by atoms with van der Waals surface area (Å²) in [6.07, 6.45) is 0.0924. The van der Waals surface area contributed by atoms with Gasteiger partial charge < -0.3 is 15.0 Å². The highest BCUT2D eigenvalue weighted by atomic mass is 32.2. The van der Waals surface area contributed by atoms with Crippen molar-refractivity contribution in [1.82, 2.24) is 9.55 Å². The fourth-order valence-corrected chi connectivity index (χ4v) is 4.40. The van der Waals surface area contributed by atoms with Gasteiger partial charge >= 0.3 is 0 Å². The van der Waals surface area contributed by atoms with Gasteiger partial charge in [0.15, 0.2) is 5.16 Å². The summed E-state index contributed by atoms with van der Waals surface area (Å²) < 4.78 is 15.5. The van der Waals surface area contributed by atoms with Crippen LogP contribution in [0.15, 0.2) is 58.5 Å². The van der Waals surface area contributed by atoms with Gasteiger partial charge in [0.25, 0.3) is 5.56 Å². The summed E-state index contributed by atoms with van der Waals surface area (Å²) in [5.74, 6) is -0.294. The van der Waals surface area contributed by atoms with Gasteiger partial charge in [-0.1, -0.05) is 42.1 Å². The largest absolute Gasteiger partial charge is 0.508 e. The average molecular weight is 411 g/mol.